The van der Waals surface area contributed by atoms with E-state index >= 15 is 0 Å². The molecule has 1 aromatic rings. The van der Waals surface area contributed by atoms with E-state index in [0.29, 0.717) is 24.4 Å². The molecule has 0 bridgehead atoms. The molecule has 0 radical (unpaired) electrons. The maximum atomic E-state index is 11.6. The average molecular weight is 288 g/mol. The number of piperidine rings is 1. The summed E-state index contributed by atoms with van der Waals surface area (Å²) in [7, 11) is 0. The Hall–Kier alpha value is -1.35. The molecule has 0 unspecified atom stereocenters. The number of amides is 1. The van der Waals surface area contributed by atoms with Gasteiger partial charge in [0, 0.05) is 31.6 Å². The Morgan fingerprint density at radius 2 is 2.00 bits per heavy atom. The summed E-state index contributed by atoms with van der Waals surface area (Å²) in [6.07, 6.45) is 2.74. The van der Waals surface area contributed by atoms with Crippen LogP contribution in [0.4, 0.5) is 0 Å². The second-order valence-corrected chi connectivity index (χ2v) is 6.32. The van der Waals surface area contributed by atoms with Crippen molar-refractivity contribution in [2.45, 2.75) is 52.1 Å². The minimum absolute atomic E-state index is 0.178. The molecule has 1 N–H and O–H groups in total. The van der Waals surface area contributed by atoms with Crippen molar-refractivity contribution >= 4 is 5.91 Å². The third-order valence-corrected chi connectivity index (χ3v) is 4.63. The summed E-state index contributed by atoms with van der Waals surface area (Å²) in [5.74, 6) is 0.698. The minimum atomic E-state index is 0.178. The van der Waals surface area contributed by atoms with E-state index in [0.717, 1.165) is 25.9 Å². The molecule has 1 fully saturated rings. The van der Waals surface area contributed by atoms with Gasteiger partial charge in [-0.3, -0.25) is 9.69 Å². The van der Waals surface area contributed by atoms with Gasteiger partial charge in [-0.15, -0.1) is 0 Å². The molecule has 3 atom stereocenters. The van der Waals surface area contributed by atoms with Crippen molar-refractivity contribution in [1.29, 1.82) is 0 Å². The highest BCUT2D eigenvalue weighted by atomic mass is 16.1. The molecule has 0 aliphatic carbocycles. The molecule has 1 amide bonds. The van der Waals surface area contributed by atoms with Crippen LogP contribution in [0.15, 0.2) is 30.3 Å². The van der Waals surface area contributed by atoms with Gasteiger partial charge in [-0.2, -0.15) is 0 Å². The zero-order valence-corrected chi connectivity index (χ0v) is 13.5. The highest BCUT2D eigenvalue weighted by Gasteiger charge is 2.31. The molecule has 2 rings (SSSR count). The van der Waals surface area contributed by atoms with E-state index in [4.69, 9.17) is 0 Å². The molecule has 0 aromatic heterocycles. The van der Waals surface area contributed by atoms with Crippen molar-refractivity contribution in [2.24, 2.45) is 5.92 Å². The Morgan fingerprint density at radius 3 is 2.67 bits per heavy atom. The van der Waals surface area contributed by atoms with E-state index in [1.807, 2.05) is 6.92 Å². The number of benzene rings is 1. The van der Waals surface area contributed by atoms with Crippen LogP contribution in [-0.4, -0.2) is 36.0 Å². The maximum absolute atomic E-state index is 11.6. The lowest BCUT2D eigenvalue weighted by Gasteiger charge is -2.42. The summed E-state index contributed by atoms with van der Waals surface area (Å²) in [5.41, 5.74) is 1.40. The summed E-state index contributed by atoms with van der Waals surface area (Å²) in [6, 6.07) is 11.5. The topological polar surface area (TPSA) is 32.3 Å². The van der Waals surface area contributed by atoms with E-state index in [-0.39, 0.29) is 5.91 Å². The highest BCUT2D eigenvalue weighted by molar-refractivity contribution is 5.75. The third-order valence-electron chi connectivity index (χ3n) is 4.63. The molecule has 0 spiro atoms. The Balaban J connectivity index is 1.85. The van der Waals surface area contributed by atoms with Gasteiger partial charge in [0.25, 0.3) is 0 Å². The first-order valence-corrected chi connectivity index (χ1v) is 8.17. The molecule has 116 valence electrons. The van der Waals surface area contributed by atoms with Crippen molar-refractivity contribution in [3.63, 3.8) is 0 Å². The van der Waals surface area contributed by atoms with E-state index in [1.54, 1.807) is 0 Å². The van der Waals surface area contributed by atoms with Crippen molar-refractivity contribution in [3.8, 4) is 0 Å². The molecule has 1 aliphatic heterocycles. The van der Waals surface area contributed by atoms with E-state index < -0.39 is 0 Å². The number of hydrogen-bond acceptors (Lipinski definition) is 2. The van der Waals surface area contributed by atoms with Gasteiger partial charge in [-0.1, -0.05) is 44.2 Å². The molecule has 21 heavy (non-hydrogen) atoms. The number of carbonyl (C=O) groups is 1. The first-order valence-electron chi connectivity index (χ1n) is 8.17. The van der Waals surface area contributed by atoms with Crippen molar-refractivity contribution in [2.75, 3.05) is 13.1 Å². The SMILES string of the molecule is CCC(=O)N[C@@H]1C[C@H](C)N(CCc2ccccc2)C[C@H]1C. The highest BCUT2D eigenvalue weighted by Crippen LogP contribution is 2.22. The number of likely N-dealkylation sites (tertiary alicyclic amines) is 1. The third kappa shape index (κ3) is 4.57. The van der Waals surface area contributed by atoms with Crippen molar-refractivity contribution < 1.29 is 4.79 Å². The standard InChI is InChI=1S/C18H28N2O/c1-4-18(21)19-17-12-15(3)20(13-14(17)2)11-10-16-8-6-5-7-9-16/h5-9,14-15,17H,4,10-13H2,1-3H3,(H,19,21)/t14-,15+,17-/m1/s1. The van der Waals surface area contributed by atoms with Crippen LogP contribution in [0.2, 0.25) is 0 Å². The van der Waals surface area contributed by atoms with E-state index in [2.05, 4.69) is 54.4 Å². The largest absolute Gasteiger partial charge is 0.353 e. The first kappa shape index (κ1) is 16.0. The van der Waals surface area contributed by atoms with Crippen molar-refractivity contribution in [3.05, 3.63) is 35.9 Å². The lowest BCUT2D eigenvalue weighted by molar-refractivity contribution is -0.122. The number of nitrogens with one attached hydrogen (secondary N) is 1. The number of carbonyl (C=O) groups excluding carboxylic acids is 1. The predicted molar refractivity (Wildman–Crippen MR) is 87.2 cm³/mol. The molecule has 3 heteroatoms. The van der Waals surface area contributed by atoms with Crippen LogP contribution in [-0.2, 0) is 11.2 Å². The van der Waals surface area contributed by atoms with Crippen LogP contribution < -0.4 is 5.32 Å². The van der Waals surface area contributed by atoms with E-state index in [9.17, 15) is 4.79 Å². The summed E-state index contributed by atoms with van der Waals surface area (Å²) < 4.78 is 0. The van der Waals surface area contributed by atoms with Crippen LogP contribution in [0.3, 0.4) is 0 Å². The van der Waals surface area contributed by atoms with Gasteiger partial charge in [0.1, 0.15) is 0 Å². The molecule has 1 aromatic carbocycles. The fourth-order valence-corrected chi connectivity index (χ4v) is 3.17. The van der Waals surface area contributed by atoms with Gasteiger partial charge in [-0.25, -0.2) is 0 Å². The zero-order valence-electron chi connectivity index (χ0n) is 13.5. The van der Waals surface area contributed by atoms with Gasteiger partial charge in [0.15, 0.2) is 0 Å². The van der Waals surface area contributed by atoms with Crippen LogP contribution in [0.5, 0.6) is 0 Å². The Labute approximate surface area is 128 Å². The van der Waals surface area contributed by atoms with Crippen LogP contribution >= 0.6 is 0 Å². The molecular formula is C18H28N2O. The fraction of sp³-hybridized carbons (Fsp3) is 0.611. The number of nitrogens with zero attached hydrogens (tertiary/aromatic N) is 1. The normalized spacial score (nSPS) is 26.5. The lowest BCUT2D eigenvalue weighted by Crippen LogP contribution is -2.53. The predicted octanol–water partition coefficient (Wildman–Crippen LogP) is 2.85. The first-order chi connectivity index (χ1) is 10.1. The van der Waals surface area contributed by atoms with E-state index in [1.165, 1.54) is 5.56 Å². The molecule has 3 nitrogen and oxygen atoms in total. The summed E-state index contributed by atoms with van der Waals surface area (Å²) in [5, 5.41) is 3.18. The number of hydrogen-bond donors (Lipinski definition) is 1. The second-order valence-electron chi connectivity index (χ2n) is 6.32. The van der Waals surface area contributed by atoms with Crippen LogP contribution in [0, 0.1) is 5.92 Å². The Bertz CT molecular complexity index is 446. The molecule has 1 aliphatic rings. The molecular weight excluding hydrogens is 260 g/mol. The van der Waals surface area contributed by atoms with Gasteiger partial charge in [0.05, 0.1) is 0 Å². The smallest absolute Gasteiger partial charge is 0.219 e. The van der Waals surface area contributed by atoms with Crippen LogP contribution in [0.1, 0.15) is 39.2 Å². The summed E-state index contributed by atoms with van der Waals surface area (Å²) in [6.45, 7) is 8.62. The Kier molecular flexibility index (Phi) is 5.80. The molecule has 1 saturated heterocycles. The monoisotopic (exact) mass is 288 g/mol. The molecule has 1 heterocycles. The zero-order chi connectivity index (χ0) is 15.2. The average Bonchev–Trinajstić information content (AvgIpc) is 2.50. The van der Waals surface area contributed by atoms with Crippen LogP contribution in [0.25, 0.3) is 0 Å². The Morgan fingerprint density at radius 1 is 1.29 bits per heavy atom. The summed E-state index contributed by atoms with van der Waals surface area (Å²) >= 11 is 0. The maximum Gasteiger partial charge on any atom is 0.219 e. The van der Waals surface area contributed by atoms with Gasteiger partial charge in [0.2, 0.25) is 5.91 Å². The quantitative estimate of drug-likeness (QED) is 0.903. The minimum Gasteiger partial charge on any atom is -0.353 e. The van der Waals surface area contributed by atoms with Gasteiger partial charge >= 0.3 is 0 Å². The van der Waals surface area contributed by atoms with Crippen molar-refractivity contribution in [1.82, 2.24) is 10.2 Å². The van der Waals surface area contributed by atoms with Gasteiger partial charge in [-0.05, 0) is 31.2 Å². The fourth-order valence-electron chi connectivity index (χ4n) is 3.17. The van der Waals surface area contributed by atoms with Gasteiger partial charge < -0.3 is 5.32 Å². The molecule has 0 saturated carbocycles. The number of rotatable bonds is 5. The summed E-state index contributed by atoms with van der Waals surface area (Å²) in [4.78, 5) is 14.2. The lowest BCUT2D eigenvalue weighted by atomic mass is 9.89. The second kappa shape index (κ2) is 7.60.